The Bertz CT molecular complexity index is 324. The van der Waals surface area contributed by atoms with Crippen molar-refractivity contribution in [1.82, 2.24) is 5.32 Å². The zero-order valence-electron chi connectivity index (χ0n) is 10.6. The van der Waals surface area contributed by atoms with E-state index in [-0.39, 0.29) is 0 Å². The second-order valence-corrected chi connectivity index (χ2v) is 5.44. The van der Waals surface area contributed by atoms with Gasteiger partial charge in [0.25, 0.3) is 0 Å². The van der Waals surface area contributed by atoms with Crippen LogP contribution in [-0.4, -0.2) is 6.04 Å². The van der Waals surface area contributed by atoms with E-state index in [1.165, 1.54) is 16.5 Å². The van der Waals surface area contributed by atoms with Crippen LogP contribution in [0.3, 0.4) is 0 Å². The van der Waals surface area contributed by atoms with E-state index < -0.39 is 0 Å². The van der Waals surface area contributed by atoms with E-state index in [0.29, 0.717) is 18.0 Å². The van der Waals surface area contributed by atoms with Gasteiger partial charge in [-0.15, -0.1) is 0 Å². The highest BCUT2D eigenvalue weighted by Gasteiger charge is 2.15. The van der Waals surface area contributed by atoms with E-state index >= 15 is 0 Å². The van der Waals surface area contributed by atoms with Crippen molar-refractivity contribution in [3.05, 3.63) is 34.3 Å². The molecule has 1 aromatic rings. The van der Waals surface area contributed by atoms with Crippen molar-refractivity contribution in [3.8, 4) is 0 Å². The number of rotatable bonds is 5. The molecule has 16 heavy (non-hydrogen) atoms. The van der Waals surface area contributed by atoms with Gasteiger partial charge in [-0.1, -0.05) is 54.4 Å². The Morgan fingerprint density at radius 1 is 1.19 bits per heavy atom. The van der Waals surface area contributed by atoms with E-state index in [1.54, 1.807) is 0 Å². The van der Waals surface area contributed by atoms with Crippen LogP contribution in [0.15, 0.2) is 28.7 Å². The molecular formula is C14H22BrN. The summed E-state index contributed by atoms with van der Waals surface area (Å²) in [5.41, 5.74) is 1.33. The SMILES string of the molecule is CCC(C)C(C)N[C@H](C)c1ccccc1Br. The first-order chi connectivity index (χ1) is 7.56. The second-order valence-electron chi connectivity index (χ2n) is 4.58. The summed E-state index contributed by atoms with van der Waals surface area (Å²) in [6.07, 6.45) is 1.22. The molecule has 0 heterocycles. The van der Waals surface area contributed by atoms with Gasteiger partial charge in [0.1, 0.15) is 0 Å². The molecular weight excluding hydrogens is 262 g/mol. The van der Waals surface area contributed by atoms with Crippen LogP contribution in [0, 0.1) is 5.92 Å². The summed E-state index contributed by atoms with van der Waals surface area (Å²) < 4.78 is 1.19. The Labute approximate surface area is 108 Å². The predicted molar refractivity (Wildman–Crippen MR) is 74.6 cm³/mol. The first-order valence-electron chi connectivity index (χ1n) is 6.06. The minimum atomic E-state index is 0.388. The molecule has 0 aliphatic rings. The molecule has 0 radical (unpaired) electrons. The highest BCUT2D eigenvalue weighted by molar-refractivity contribution is 9.10. The molecule has 1 rings (SSSR count). The average Bonchev–Trinajstić information content (AvgIpc) is 2.28. The summed E-state index contributed by atoms with van der Waals surface area (Å²) >= 11 is 3.60. The van der Waals surface area contributed by atoms with Gasteiger partial charge in [0.15, 0.2) is 0 Å². The lowest BCUT2D eigenvalue weighted by atomic mass is 9.99. The first kappa shape index (κ1) is 13.7. The number of hydrogen-bond donors (Lipinski definition) is 1. The van der Waals surface area contributed by atoms with Gasteiger partial charge >= 0.3 is 0 Å². The van der Waals surface area contributed by atoms with Crippen LogP contribution in [-0.2, 0) is 0 Å². The molecule has 0 aliphatic heterocycles. The van der Waals surface area contributed by atoms with Gasteiger partial charge in [-0.3, -0.25) is 0 Å². The van der Waals surface area contributed by atoms with Crippen LogP contribution in [0.25, 0.3) is 0 Å². The zero-order valence-corrected chi connectivity index (χ0v) is 12.2. The highest BCUT2D eigenvalue weighted by atomic mass is 79.9. The molecule has 0 fully saturated rings. The summed E-state index contributed by atoms with van der Waals surface area (Å²) in [4.78, 5) is 0. The maximum Gasteiger partial charge on any atom is 0.0305 e. The second kappa shape index (κ2) is 6.41. The molecule has 0 aromatic heterocycles. The summed E-state index contributed by atoms with van der Waals surface area (Å²) in [5, 5.41) is 3.66. The van der Waals surface area contributed by atoms with Crippen LogP contribution in [0.4, 0.5) is 0 Å². The van der Waals surface area contributed by atoms with E-state index in [2.05, 4.69) is 73.2 Å². The van der Waals surface area contributed by atoms with Crippen molar-refractivity contribution in [3.63, 3.8) is 0 Å². The summed E-state index contributed by atoms with van der Waals surface area (Å²) in [6.45, 7) is 9.02. The molecule has 1 N–H and O–H groups in total. The third kappa shape index (κ3) is 3.60. The zero-order chi connectivity index (χ0) is 12.1. The Morgan fingerprint density at radius 2 is 1.81 bits per heavy atom. The topological polar surface area (TPSA) is 12.0 Å². The van der Waals surface area contributed by atoms with Crippen molar-refractivity contribution in [1.29, 1.82) is 0 Å². The molecule has 0 spiro atoms. The Kier molecular flexibility index (Phi) is 5.50. The first-order valence-corrected chi connectivity index (χ1v) is 6.86. The van der Waals surface area contributed by atoms with Crippen molar-refractivity contribution in [2.75, 3.05) is 0 Å². The van der Waals surface area contributed by atoms with Crippen molar-refractivity contribution in [2.24, 2.45) is 5.92 Å². The molecule has 3 atom stereocenters. The summed E-state index contributed by atoms with van der Waals surface area (Å²) in [6, 6.07) is 9.35. The van der Waals surface area contributed by atoms with E-state index in [4.69, 9.17) is 0 Å². The van der Waals surface area contributed by atoms with Crippen LogP contribution >= 0.6 is 15.9 Å². The molecule has 90 valence electrons. The minimum Gasteiger partial charge on any atom is -0.307 e. The quantitative estimate of drug-likeness (QED) is 0.837. The molecule has 0 bridgehead atoms. The average molecular weight is 284 g/mol. The van der Waals surface area contributed by atoms with Crippen LogP contribution in [0.2, 0.25) is 0 Å². The van der Waals surface area contributed by atoms with Gasteiger partial charge in [-0.05, 0) is 31.4 Å². The van der Waals surface area contributed by atoms with Crippen LogP contribution in [0.5, 0.6) is 0 Å². The third-order valence-corrected chi connectivity index (χ3v) is 4.10. The van der Waals surface area contributed by atoms with Crippen molar-refractivity contribution >= 4 is 15.9 Å². The molecule has 2 heteroatoms. The lowest BCUT2D eigenvalue weighted by Crippen LogP contribution is -2.34. The van der Waals surface area contributed by atoms with Crippen molar-refractivity contribution in [2.45, 2.75) is 46.2 Å². The lowest BCUT2D eigenvalue weighted by molar-refractivity contribution is 0.360. The normalized spacial score (nSPS) is 16.8. The molecule has 2 unspecified atom stereocenters. The van der Waals surface area contributed by atoms with E-state index in [0.717, 1.165) is 0 Å². The van der Waals surface area contributed by atoms with Gasteiger partial charge in [0, 0.05) is 16.6 Å². The van der Waals surface area contributed by atoms with Gasteiger partial charge in [0.05, 0.1) is 0 Å². The smallest absolute Gasteiger partial charge is 0.0305 e. The molecule has 0 saturated carbocycles. The maximum atomic E-state index is 3.66. The third-order valence-electron chi connectivity index (χ3n) is 3.38. The van der Waals surface area contributed by atoms with E-state index in [1.807, 2.05) is 0 Å². The molecule has 1 aromatic carbocycles. The summed E-state index contributed by atoms with van der Waals surface area (Å²) in [5.74, 6) is 0.713. The number of nitrogens with one attached hydrogen (secondary N) is 1. The summed E-state index contributed by atoms with van der Waals surface area (Å²) in [7, 11) is 0. The molecule has 1 nitrogen and oxygen atoms in total. The maximum absolute atomic E-state index is 3.66. The lowest BCUT2D eigenvalue weighted by Gasteiger charge is -2.25. The molecule has 0 amide bonds. The fourth-order valence-electron chi connectivity index (χ4n) is 1.83. The Balaban J connectivity index is 2.65. The molecule has 0 saturated heterocycles. The van der Waals surface area contributed by atoms with Gasteiger partial charge < -0.3 is 5.32 Å². The molecule has 0 aliphatic carbocycles. The predicted octanol–water partition coefficient (Wildman–Crippen LogP) is 4.53. The van der Waals surface area contributed by atoms with E-state index in [9.17, 15) is 0 Å². The fourth-order valence-corrected chi connectivity index (χ4v) is 2.46. The van der Waals surface area contributed by atoms with Crippen LogP contribution < -0.4 is 5.32 Å². The van der Waals surface area contributed by atoms with Crippen molar-refractivity contribution < 1.29 is 0 Å². The van der Waals surface area contributed by atoms with Gasteiger partial charge in [0.2, 0.25) is 0 Å². The Morgan fingerprint density at radius 3 is 2.38 bits per heavy atom. The standard InChI is InChI=1S/C14H22BrN/c1-5-10(2)11(3)16-12(4)13-8-6-7-9-14(13)15/h6-12,16H,5H2,1-4H3/t10?,11?,12-/m1/s1. The van der Waals surface area contributed by atoms with Gasteiger partial charge in [-0.2, -0.15) is 0 Å². The van der Waals surface area contributed by atoms with Crippen LogP contribution in [0.1, 0.15) is 45.7 Å². The number of hydrogen-bond acceptors (Lipinski definition) is 1. The minimum absolute atomic E-state index is 0.388. The largest absolute Gasteiger partial charge is 0.307 e. The highest BCUT2D eigenvalue weighted by Crippen LogP contribution is 2.24. The number of benzene rings is 1. The van der Waals surface area contributed by atoms with Gasteiger partial charge in [-0.25, -0.2) is 0 Å². The number of halogens is 1. The Hall–Kier alpha value is -0.340. The fraction of sp³-hybridized carbons (Fsp3) is 0.571. The monoisotopic (exact) mass is 283 g/mol.